The van der Waals surface area contributed by atoms with Crippen LogP contribution in [0.25, 0.3) is 0 Å². The van der Waals surface area contributed by atoms with E-state index in [0.717, 1.165) is 12.8 Å². The summed E-state index contributed by atoms with van der Waals surface area (Å²) in [6, 6.07) is 10.2. The van der Waals surface area contributed by atoms with Gasteiger partial charge in [0.1, 0.15) is 0 Å². The van der Waals surface area contributed by atoms with Gasteiger partial charge in [0.05, 0.1) is 17.5 Å². The van der Waals surface area contributed by atoms with E-state index in [-0.39, 0.29) is 17.6 Å². The Morgan fingerprint density at radius 2 is 1.96 bits per heavy atom. The molecule has 0 aliphatic heterocycles. The molecule has 0 saturated carbocycles. The summed E-state index contributed by atoms with van der Waals surface area (Å²) < 4.78 is 5.13. The van der Waals surface area contributed by atoms with Gasteiger partial charge in [-0.1, -0.05) is 12.1 Å². The van der Waals surface area contributed by atoms with Crippen LogP contribution < -0.4 is 16.0 Å². The minimum atomic E-state index is -0.307. The summed E-state index contributed by atoms with van der Waals surface area (Å²) in [5, 5.41) is 2.85. The van der Waals surface area contributed by atoms with E-state index in [0.29, 0.717) is 24.3 Å². The quantitative estimate of drug-likeness (QED) is 0.765. The van der Waals surface area contributed by atoms with Crippen LogP contribution >= 0.6 is 0 Å². The normalized spacial score (nSPS) is 10.3. The lowest BCUT2D eigenvalue weighted by Crippen LogP contribution is -2.31. The van der Waals surface area contributed by atoms with E-state index in [1.54, 1.807) is 43.4 Å². The standard InChI is InChI=1S/C17H21N3O3/c1-20(17(22)15-9-6-12-23-15)14-8-3-2-7-13(14)16(21)19-11-5-4-10-18/h2-3,6-9,12H,4-5,10-11,18H2,1H3,(H,19,21). The van der Waals surface area contributed by atoms with Crippen LogP contribution in [0.15, 0.2) is 47.1 Å². The molecule has 2 amide bonds. The maximum atomic E-state index is 12.4. The number of furan rings is 1. The molecule has 1 heterocycles. The van der Waals surface area contributed by atoms with Crippen molar-refractivity contribution in [2.45, 2.75) is 12.8 Å². The highest BCUT2D eigenvalue weighted by molar-refractivity contribution is 6.09. The molecule has 122 valence electrons. The zero-order valence-electron chi connectivity index (χ0n) is 13.1. The Morgan fingerprint density at radius 1 is 1.17 bits per heavy atom. The predicted octanol–water partition coefficient (Wildman–Crippen LogP) is 2.02. The van der Waals surface area contributed by atoms with Crippen molar-refractivity contribution in [1.82, 2.24) is 5.32 Å². The summed E-state index contributed by atoms with van der Waals surface area (Å²) in [5.74, 6) is -0.291. The number of benzene rings is 1. The molecule has 0 unspecified atom stereocenters. The minimum absolute atomic E-state index is 0.211. The molecule has 23 heavy (non-hydrogen) atoms. The summed E-state index contributed by atoms with van der Waals surface area (Å²) in [6.45, 7) is 1.16. The molecule has 0 fully saturated rings. The number of nitrogens with zero attached hydrogens (tertiary/aromatic N) is 1. The van der Waals surface area contributed by atoms with Crippen LogP contribution in [-0.4, -0.2) is 32.0 Å². The first-order chi connectivity index (χ1) is 11.1. The minimum Gasteiger partial charge on any atom is -0.459 e. The fourth-order valence-electron chi connectivity index (χ4n) is 2.20. The Labute approximate surface area is 135 Å². The molecule has 2 aromatic rings. The molecule has 2 rings (SSSR count). The summed E-state index contributed by atoms with van der Waals surface area (Å²) in [5.41, 5.74) is 6.41. The van der Waals surface area contributed by atoms with Crippen molar-refractivity contribution in [3.63, 3.8) is 0 Å². The fourth-order valence-corrected chi connectivity index (χ4v) is 2.20. The molecule has 0 radical (unpaired) electrons. The number of hydrogen-bond acceptors (Lipinski definition) is 4. The van der Waals surface area contributed by atoms with E-state index in [9.17, 15) is 9.59 Å². The number of para-hydroxylation sites is 1. The van der Waals surface area contributed by atoms with Gasteiger partial charge in [-0.3, -0.25) is 9.59 Å². The lowest BCUT2D eigenvalue weighted by Gasteiger charge is -2.19. The Morgan fingerprint density at radius 3 is 2.65 bits per heavy atom. The molecule has 1 aromatic heterocycles. The zero-order valence-corrected chi connectivity index (χ0v) is 13.1. The lowest BCUT2D eigenvalue weighted by atomic mass is 10.1. The highest BCUT2D eigenvalue weighted by Gasteiger charge is 2.20. The summed E-state index contributed by atoms with van der Waals surface area (Å²) in [4.78, 5) is 26.1. The van der Waals surface area contributed by atoms with Crippen LogP contribution in [0.3, 0.4) is 0 Å². The fraction of sp³-hybridized carbons (Fsp3) is 0.294. The van der Waals surface area contributed by atoms with Crippen LogP contribution in [0.2, 0.25) is 0 Å². The third-order valence-electron chi connectivity index (χ3n) is 3.46. The molecule has 0 atom stereocenters. The summed E-state index contributed by atoms with van der Waals surface area (Å²) >= 11 is 0. The SMILES string of the molecule is CN(C(=O)c1ccco1)c1ccccc1C(=O)NCCCCN. The van der Waals surface area contributed by atoms with E-state index in [1.165, 1.54) is 11.2 Å². The van der Waals surface area contributed by atoms with Crippen LogP contribution in [0.1, 0.15) is 33.8 Å². The highest BCUT2D eigenvalue weighted by atomic mass is 16.3. The van der Waals surface area contributed by atoms with Crippen LogP contribution in [0, 0.1) is 0 Å². The van der Waals surface area contributed by atoms with Gasteiger partial charge in [0, 0.05) is 13.6 Å². The predicted molar refractivity (Wildman–Crippen MR) is 88.5 cm³/mol. The summed E-state index contributed by atoms with van der Waals surface area (Å²) in [6.07, 6.45) is 3.13. The van der Waals surface area contributed by atoms with E-state index >= 15 is 0 Å². The number of unbranched alkanes of at least 4 members (excludes halogenated alkanes) is 1. The highest BCUT2D eigenvalue weighted by Crippen LogP contribution is 2.21. The number of nitrogens with two attached hydrogens (primary N) is 1. The van der Waals surface area contributed by atoms with E-state index in [1.807, 2.05) is 0 Å². The van der Waals surface area contributed by atoms with Gasteiger partial charge in [-0.25, -0.2) is 0 Å². The molecule has 0 aliphatic carbocycles. The van der Waals surface area contributed by atoms with Crippen molar-refractivity contribution in [3.8, 4) is 0 Å². The monoisotopic (exact) mass is 315 g/mol. The number of amides is 2. The van der Waals surface area contributed by atoms with Crippen LogP contribution in [0.4, 0.5) is 5.69 Å². The van der Waals surface area contributed by atoms with Gasteiger partial charge in [0.25, 0.3) is 11.8 Å². The second-order valence-electron chi connectivity index (χ2n) is 5.11. The van der Waals surface area contributed by atoms with Crippen molar-refractivity contribution < 1.29 is 14.0 Å². The first-order valence-corrected chi connectivity index (χ1v) is 7.54. The zero-order chi connectivity index (χ0) is 16.7. The summed E-state index contributed by atoms with van der Waals surface area (Å²) in [7, 11) is 1.62. The first kappa shape index (κ1) is 16.8. The van der Waals surface area contributed by atoms with Gasteiger partial charge in [-0.05, 0) is 43.7 Å². The third kappa shape index (κ3) is 4.20. The smallest absolute Gasteiger partial charge is 0.293 e. The Hall–Kier alpha value is -2.60. The topological polar surface area (TPSA) is 88.6 Å². The van der Waals surface area contributed by atoms with Gasteiger partial charge < -0.3 is 20.4 Å². The van der Waals surface area contributed by atoms with Gasteiger partial charge in [0.2, 0.25) is 0 Å². The molecule has 0 saturated heterocycles. The molecule has 0 bridgehead atoms. The van der Waals surface area contributed by atoms with Crippen molar-refractivity contribution in [1.29, 1.82) is 0 Å². The maximum absolute atomic E-state index is 12.4. The number of nitrogens with one attached hydrogen (secondary N) is 1. The molecule has 6 heteroatoms. The maximum Gasteiger partial charge on any atom is 0.293 e. The van der Waals surface area contributed by atoms with Gasteiger partial charge in [-0.2, -0.15) is 0 Å². The number of carbonyl (C=O) groups excluding carboxylic acids is 2. The number of rotatable bonds is 7. The Balaban J connectivity index is 2.13. The van der Waals surface area contributed by atoms with E-state index in [4.69, 9.17) is 10.2 Å². The molecular weight excluding hydrogens is 294 g/mol. The molecule has 6 nitrogen and oxygen atoms in total. The Bertz CT molecular complexity index is 653. The van der Waals surface area contributed by atoms with Crippen LogP contribution in [0.5, 0.6) is 0 Å². The molecule has 0 spiro atoms. The number of anilines is 1. The van der Waals surface area contributed by atoms with Crippen molar-refractivity contribution in [3.05, 3.63) is 54.0 Å². The average molecular weight is 315 g/mol. The largest absolute Gasteiger partial charge is 0.459 e. The van der Waals surface area contributed by atoms with Crippen LogP contribution in [-0.2, 0) is 0 Å². The second-order valence-corrected chi connectivity index (χ2v) is 5.11. The lowest BCUT2D eigenvalue weighted by molar-refractivity contribution is 0.0953. The molecule has 3 N–H and O–H groups in total. The van der Waals surface area contributed by atoms with Crippen molar-refractivity contribution >= 4 is 17.5 Å². The van der Waals surface area contributed by atoms with Gasteiger partial charge in [-0.15, -0.1) is 0 Å². The van der Waals surface area contributed by atoms with Gasteiger partial charge >= 0.3 is 0 Å². The first-order valence-electron chi connectivity index (χ1n) is 7.54. The van der Waals surface area contributed by atoms with Crippen molar-refractivity contribution in [2.75, 3.05) is 25.0 Å². The molecule has 1 aromatic carbocycles. The number of hydrogen-bond donors (Lipinski definition) is 2. The van der Waals surface area contributed by atoms with Crippen molar-refractivity contribution in [2.24, 2.45) is 5.73 Å². The molecular formula is C17H21N3O3. The molecule has 0 aliphatic rings. The third-order valence-corrected chi connectivity index (χ3v) is 3.46. The van der Waals surface area contributed by atoms with E-state index in [2.05, 4.69) is 5.32 Å². The van der Waals surface area contributed by atoms with Gasteiger partial charge in [0.15, 0.2) is 5.76 Å². The second kappa shape index (κ2) is 8.14. The average Bonchev–Trinajstić information content (AvgIpc) is 3.11. The van der Waals surface area contributed by atoms with E-state index < -0.39 is 0 Å². The number of carbonyl (C=O) groups is 2. The Kier molecular flexibility index (Phi) is 5.94.